The summed E-state index contributed by atoms with van der Waals surface area (Å²) < 4.78 is 0. The van der Waals surface area contributed by atoms with Gasteiger partial charge in [0.1, 0.15) is 5.75 Å². The highest BCUT2D eigenvalue weighted by molar-refractivity contribution is 6.16. The Balaban J connectivity index is 2.16. The first kappa shape index (κ1) is 9.45. The second-order valence-electron chi connectivity index (χ2n) is 3.33. The fourth-order valence-corrected chi connectivity index (χ4v) is 1.42. The molecule has 0 fully saturated rings. The van der Waals surface area contributed by atoms with Crippen LogP contribution in [0.2, 0.25) is 0 Å². The minimum atomic E-state index is -0.367. The molecule has 76 valence electrons. The second kappa shape index (κ2) is 3.57. The van der Waals surface area contributed by atoms with E-state index in [9.17, 15) is 9.59 Å². The Morgan fingerprint density at radius 2 is 1.80 bits per heavy atom. The van der Waals surface area contributed by atoms with Crippen LogP contribution in [-0.4, -0.2) is 16.9 Å². The number of nitrogens with one attached hydrogen (secondary N) is 1. The minimum absolute atomic E-state index is 0.180. The molecule has 2 rings (SSSR count). The number of imide groups is 1. The molecule has 0 atom stereocenters. The number of benzene rings is 1. The molecule has 2 N–H and O–H groups in total. The lowest BCUT2D eigenvalue weighted by Crippen LogP contribution is -2.22. The third-order valence-electron chi connectivity index (χ3n) is 2.16. The average Bonchev–Trinajstić information content (AvgIpc) is 2.49. The van der Waals surface area contributed by atoms with Gasteiger partial charge in [0.25, 0.3) is 11.8 Å². The quantitative estimate of drug-likeness (QED) is 0.688. The fourth-order valence-electron chi connectivity index (χ4n) is 1.42. The van der Waals surface area contributed by atoms with Gasteiger partial charge >= 0.3 is 0 Å². The zero-order valence-corrected chi connectivity index (χ0v) is 7.86. The molecule has 1 aromatic rings. The van der Waals surface area contributed by atoms with Crippen LogP contribution >= 0.6 is 0 Å². The number of phenols is 1. The van der Waals surface area contributed by atoms with E-state index in [0.29, 0.717) is 12.0 Å². The molecule has 0 unspecified atom stereocenters. The van der Waals surface area contributed by atoms with Gasteiger partial charge in [-0.15, -0.1) is 0 Å². The lowest BCUT2D eigenvalue weighted by molar-refractivity contribution is -0.123. The molecule has 1 aliphatic heterocycles. The molecule has 0 saturated carbocycles. The standard InChI is InChI=1S/C11H9NO3/c13-9-3-1-7(2-4-9)5-8-6-10(14)12-11(8)15/h1-4,6,13H,5H2,(H,12,14,15). The summed E-state index contributed by atoms with van der Waals surface area (Å²) in [5, 5.41) is 11.2. The smallest absolute Gasteiger partial charge is 0.254 e. The first-order valence-corrected chi connectivity index (χ1v) is 4.49. The highest BCUT2D eigenvalue weighted by Crippen LogP contribution is 2.15. The molecule has 0 radical (unpaired) electrons. The van der Waals surface area contributed by atoms with E-state index in [1.165, 1.54) is 6.08 Å². The van der Waals surface area contributed by atoms with Crippen molar-refractivity contribution < 1.29 is 14.7 Å². The van der Waals surface area contributed by atoms with Crippen molar-refractivity contribution in [3.63, 3.8) is 0 Å². The topological polar surface area (TPSA) is 66.4 Å². The summed E-state index contributed by atoms with van der Waals surface area (Å²) in [5.41, 5.74) is 1.33. The summed E-state index contributed by atoms with van der Waals surface area (Å²) >= 11 is 0. The Morgan fingerprint density at radius 3 is 2.33 bits per heavy atom. The van der Waals surface area contributed by atoms with Crippen molar-refractivity contribution in [2.24, 2.45) is 0 Å². The van der Waals surface area contributed by atoms with Crippen molar-refractivity contribution in [2.45, 2.75) is 6.42 Å². The number of carbonyl (C=O) groups is 2. The first-order valence-electron chi connectivity index (χ1n) is 4.49. The van der Waals surface area contributed by atoms with E-state index in [0.717, 1.165) is 5.56 Å². The molecule has 4 nitrogen and oxygen atoms in total. The Kier molecular flexibility index (Phi) is 2.25. The normalized spacial score (nSPS) is 15.1. The summed E-state index contributed by atoms with van der Waals surface area (Å²) in [7, 11) is 0. The SMILES string of the molecule is O=C1C=C(Cc2ccc(O)cc2)C(=O)N1. The van der Waals surface area contributed by atoms with Gasteiger partial charge < -0.3 is 5.11 Å². The van der Waals surface area contributed by atoms with Crippen LogP contribution in [0.1, 0.15) is 5.56 Å². The lowest BCUT2D eigenvalue weighted by atomic mass is 10.1. The van der Waals surface area contributed by atoms with Crippen LogP contribution in [0.3, 0.4) is 0 Å². The van der Waals surface area contributed by atoms with E-state index in [-0.39, 0.29) is 17.6 Å². The third-order valence-corrected chi connectivity index (χ3v) is 2.16. The lowest BCUT2D eigenvalue weighted by Gasteiger charge is -2.00. The Hall–Kier alpha value is -2.10. The maximum Gasteiger partial charge on any atom is 0.254 e. The molecule has 1 heterocycles. The van der Waals surface area contributed by atoms with Gasteiger partial charge in [0.15, 0.2) is 0 Å². The Bertz CT molecular complexity index is 445. The van der Waals surface area contributed by atoms with Gasteiger partial charge in [-0.3, -0.25) is 14.9 Å². The van der Waals surface area contributed by atoms with Crippen LogP contribution in [0.4, 0.5) is 0 Å². The van der Waals surface area contributed by atoms with E-state index in [2.05, 4.69) is 5.32 Å². The molecule has 4 heteroatoms. The van der Waals surface area contributed by atoms with Crippen LogP contribution in [0, 0.1) is 0 Å². The van der Waals surface area contributed by atoms with Crippen molar-refractivity contribution in [1.29, 1.82) is 0 Å². The monoisotopic (exact) mass is 203 g/mol. The van der Waals surface area contributed by atoms with Gasteiger partial charge in [-0.1, -0.05) is 12.1 Å². The summed E-state index contributed by atoms with van der Waals surface area (Å²) in [4.78, 5) is 22.1. The summed E-state index contributed by atoms with van der Waals surface area (Å²) in [6, 6.07) is 6.52. The number of carbonyl (C=O) groups excluding carboxylic acids is 2. The highest BCUT2D eigenvalue weighted by Gasteiger charge is 2.20. The first-order chi connectivity index (χ1) is 7.15. The van der Waals surface area contributed by atoms with Gasteiger partial charge in [-0.05, 0) is 17.7 Å². The molecule has 2 amide bonds. The predicted molar refractivity (Wildman–Crippen MR) is 53.0 cm³/mol. The van der Waals surface area contributed by atoms with Gasteiger partial charge in [0.2, 0.25) is 0 Å². The van der Waals surface area contributed by atoms with Crippen molar-refractivity contribution >= 4 is 11.8 Å². The van der Waals surface area contributed by atoms with Crippen LogP contribution in [-0.2, 0) is 16.0 Å². The van der Waals surface area contributed by atoms with Crippen molar-refractivity contribution in [3.8, 4) is 5.75 Å². The van der Waals surface area contributed by atoms with E-state index in [4.69, 9.17) is 5.11 Å². The molecule has 15 heavy (non-hydrogen) atoms. The average molecular weight is 203 g/mol. The number of hydrogen-bond donors (Lipinski definition) is 2. The molecule has 1 aromatic carbocycles. The molecular weight excluding hydrogens is 194 g/mol. The number of rotatable bonds is 2. The second-order valence-corrected chi connectivity index (χ2v) is 3.33. The highest BCUT2D eigenvalue weighted by atomic mass is 16.3. The summed E-state index contributed by atoms with van der Waals surface area (Å²) in [6.45, 7) is 0. The number of phenolic OH excluding ortho intramolecular Hbond substituents is 1. The maximum atomic E-state index is 11.2. The largest absolute Gasteiger partial charge is 0.508 e. The fraction of sp³-hybridized carbons (Fsp3) is 0.0909. The minimum Gasteiger partial charge on any atom is -0.508 e. The van der Waals surface area contributed by atoms with Crippen LogP contribution in [0.5, 0.6) is 5.75 Å². The van der Waals surface area contributed by atoms with Gasteiger partial charge in [0.05, 0.1) is 0 Å². The van der Waals surface area contributed by atoms with Gasteiger partial charge in [-0.25, -0.2) is 0 Å². The maximum absolute atomic E-state index is 11.2. The molecule has 0 aliphatic carbocycles. The van der Waals surface area contributed by atoms with E-state index in [1.54, 1.807) is 24.3 Å². The van der Waals surface area contributed by atoms with E-state index in [1.807, 2.05) is 0 Å². The predicted octanol–water partition coefficient (Wildman–Crippen LogP) is 0.517. The Morgan fingerprint density at radius 1 is 1.13 bits per heavy atom. The van der Waals surface area contributed by atoms with Crippen molar-refractivity contribution in [2.75, 3.05) is 0 Å². The van der Waals surface area contributed by atoms with Crippen LogP contribution in [0.15, 0.2) is 35.9 Å². The number of amides is 2. The third kappa shape index (κ3) is 2.04. The molecule has 0 saturated heterocycles. The molecule has 0 aromatic heterocycles. The van der Waals surface area contributed by atoms with E-state index >= 15 is 0 Å². The van der Waals surface area contributed by atoms with Crippen molar-refractivity contribution in [3.05, 3.63) is 41.5 Å². The molecular formula is C11H9NO3. The van der Waals surface area contributed by atoms with Crippen molar-refractivity contribution in [1.82, 2.24) is 5.32 Å². The van der Waals surface area contributed by atoms with E-state index < -0.39 is 0 Å². The number of hydrogen-bond acceptors (Lipinski definition) is 3. The van der Waals surface area contributed by atoms with Crippen LogP contribution < -0.4 is 5.32 Å². The van der Waals surface area contributed by atoms with Gasteiger partial charge in [-0.2, -0.15) is 0 Å². The van der Waals surface area contributed by atoms with Crippen LogP contribution in [0.25, 0.3) is 0 Å². The molecule has 0 spiro atoms. The zero-order chi connectivity index (χ0) is 10.8. The van der Waals surface area contributed by atoms with Gasteiger partial charge in [0, 0.05) is 18.1 Å². The number of aromatic hydroxyl groups is 1. The molecule has 1 aliphatic rings. The Labute approximate surface area is 86.2 Å². The summed E-state index contributed by atoms with van der Waals surface area (Å²) in [6.07, 6.45) is 1.70. The zero-order valence-electron chi connectivity index (χ0n) is 7.86. The molecule has 0 bridgehead atoms. The summed E-state index contributed by atoms with van der Waals surface area (Å²) in [5.74, 6) is -0.526.